The summed E-state index contributed by atoms with van der Waals surface area (Å²) in [5.74, 6) is 0. The summed E-state index contributed by atoms with van der Waals surface area (Å²) in [6.07, 6.45) is 3.65. The summed E-state index contributed by atoms with van der Waals surface area (Å²) in [6.45, 7) is 3.67. The largest absolute Gasteiger partial charge is 0.324 e. The van der Waals surface area contributed by atoms with E-state index in [0.29, 0.717) is 0 Å². The van der Waals surface area contributed by atoms with Crippen LogP contribution in [0.4, 0.5) is 0 Å². The number of rotatable bonds is 4. The molecule has 0 saturated carbocycles. The summed E-state index contributed by atoms with van der Waals surface area (Å²) in [5.41, 5.74) is 6.99. The van der Waals surface area contributed by atoms with Gasteiger partial charge in [-0.05, 0) is 36.6 Å². The molecule has 15 heavy (non-hydrogen) atoms. The van der Waals surface area contributed by atoms with Gasteiger partial charge in [-0.25, -0.2) is 0 Å². The maximum Gasteiger partial charge on any atom is 0.0454 e. The van der Waals surface area contributed by atoms with Crippen molar-refractivity contribution in [3.8, 4) is 0 Å². The van der Waals surface area contributed by atoms with Crippen LogP contribution >= 0.6 is 39.9 Å². The van der Waals surface area contributed by atoms with Gasteiger partial charge in [-0.15, -0.1) is 19.0 Å². The molecule has 0 fully saturated rings. The highest BCUT2D eigenvalue weighted by molar-refractivity contribution is 9.10. The van der Waals surface area contributed by atoms with Crippen LogP contribution in [0.3, 0.4) is 0 Å². The van der Waals surface area contributed by atoms with Crippen molar-refractivity contribution in [2.75, 3.05) is 0 Å². The second kappa shape index (κ2) is 7.29. The van der Waals surface area contributed by atoms with E-state index in [1.54, 1.807) is 0 Å². The van der Waals surface area contributed by atoms with Crippen LogP contribution in [0.15, 0.2) is 35.3 Å². The molecular formula is C11H14BrCl2N. The zero-order chi connectivity index (χ0) is 10.6. The minimum atomic E-state index is -0.0157. The molecule has 0 aromatic heterocycles. The third kappa shape index (κ3) is 4.56. The Morgan fingerprint density at radius 3 is 2.80 bits per heavy atom. The van der Waals surface area contributed by atoms with Crippen molar-refractivity contribution >= 4 is 39.9 Å². The predicted octanol–water partition coefficient (Wildman–Crippen LogP) is 4.49. The van der Waals surface area contributed by atoms with Crippen LogP contribution in [-0.2, 0) is 0 Å². The van der Waals surface area contributed by atoms with Gasteiger partial charge >= 0.3 is 0 Å². The Morgan fingerprint density at radius 2 is 2.20 bits per heavy atom. The van der Waals surface area contributed by atoms with Gasteiger partial charge in [-0.1, -0.05) is 33.6 Å². The van der Waals surface area contributed by atoms with Gasteiger partial charge in [-0.3, -0.25) is 0 Å². The SMILES string of the molecule is C=CCC[C@@H](N)c1cc(Br)ccc1Cl.Cl. The lowest BCUT2D eigenvalue weighted by atomic mass is 10.0. The van der Waals surface area contributed by atoms with Gasteiger partial charge in [0.1, 0.15) is 0 Å². The van der Waals surface area contributed by atoms with Gasteiger partial charge in [0, 0.05) is 15.5 Å². The molecule has 1 aromatic rings. The van der Waals surface area contributed by atoms with Crippen LogP contribution in [0.25, 0.3) is 0 Å². The fourth-order valence-corrected chi connectivity index (χ4v) is 1.89. The van der Waals surface area contributed by atoms with E-state index < -0.39 is 0 Å². The Labute approximate surface area is 110 Å². The smallest absolute Gasteiger partial charge is 0.0454 e. The molecular weight excluding hydrogens is 297 g/mol. The van der Waals surface area contributed by atoms with Crippen molar-refractivity contribution in [1.29, 1.82) is 0 Å². The van der Waals surface area contributed by atoms with E-state index in [4.69, 9.17) is 17.3 Å². The third-order valence-electron chi connectivity index (χ3n) is 2.04. The zero-order valence-corrected chi connectivity index (χ0v) is 11.4. The van der Waals surface area contributed by atoms with Crippen LogP contribution in [0.1, 0.15) is 24.4 Å². The first-order valence-corrected chi connectivity index (χ1v) is 5.63. The summed E-state index contributed by atoms with van der Waals surface area (Å²) in [5, 5.41) is 0.727. The molecule has 0 heterocycles. The van der Waals surface area contributed by atoms with Crippen LogP contribution in [0.2, 0.25) is 5.02 Å². The van der Waals surface area contributed by atoms with Crippen LogP contribution in [-0.4, -0.2) is 0 Å². The normalized spacial score (nSPS) is 11.7. The third-order valence-corrected chi connectivity index (χ3v) is 2.88. The molecule has 1 rings (SSSR count). The molecule has 1 nitrogen and oxygen atoms in total. The molecule has 1 atom stereocenters. The van der Waals surface area contributed by atoms with E-state index in [9.17, 15) is 0 Å². The van der Waals surface area contributed by atoms with Gasteiger partial charge in [0.15, 0.2) is 0 Å². The quantitative estimate of drug-likeness (QED) is 0.815. The van der Waals surface area contributed by atoms with Crippen LogP contribution < -0.4 is 5.73 Å². The minimum Gasteiger partial charge on any atom is -0.324 e. The van der Waals surface area contributed by atoms with Crippen molar-refractivity contribution in [2.45, 2.75) is 18.9 Å². The van der Waals surface area contributed by atoms with Crippen molar-refractivity contribution in [2.24, 2.45) is 5.73 Å². The standard InChI is InChI=1S/C11H13BrClN.ClH/c1-2-3-4-11(14)9-7-8(12)5-6-10(9)13;/h2,5-7,11H,1,3-4,14H2;1H/t11-;/m1./s1. The number of halogens is 3. The number of hydrogen-bond donors (Lipinski definition) is 1. The Kier molecular flexibility index (Phi) is 7.28. The molecule has 1 aromatic carbocycles. The average molecular weight is 311 g/mol. The van der Waals surface area contributed by atoms with Gasteiger partial charge < -0.3 is 5.73 Å². The van der Waals surface area contributed by atoms with Gasteiger partial charge in [-0.2, -0.15) is 0 Å². The zero-order valence-electron chi connectivity index (χ0n) is 8.25. The minimum absolute atomic E-state index is 0. The number of nitrogens with two attached hydrogens (primary N) is 1. The lowest BCUT2D eigenvalue weighted by Gasteiger charge is -2.12. The van der Waals surface area contributed by atoms with Crippen molar-refractivity contribution < 1.29 is 0 Å². The van der Waals surface area contributed by atoms with E-state index in [2.05, 4.69) is 22.5 Å². The molecule has 84 valence electrons. The van der Waals surface area contributed by atoms with Gasteiger partial charge in [0.05, 0.1) is 0 Å². The number of allylic oxidation sites excluding steroid dienone is 1. The lowest BCUT2D eigenvalue weighted by molar-refractivity contribution is 0.661. The summed E-state index contributed by atoms with van der Waals surface area (Å²) < 4.78 is 1.01. The maximum absolute atomic E-state index is 6.04. The highest BCUT2D eigenvalue weighted by Gasteiger charge is 2.09. The molecule has 0 aliphatic carbocycles. The summed E-state index contributed by atoms with van der Waals surface area (Å²) >= 11 is 9.44. The lowest BCUT2D eigenvalue weighted by Crippen LogP contribution is -2.10. The Balaban J connectivity index is 0.00000196. The van der Waals surface area contributed by atoms with Gasteiger partial charge in [0.25, 0.3) is 0 Å². The van der Waals surface area contributed by atoms with Gasteiger partial charge in [0.2, 0.25) is 0 Å². The number of benzene rings is 1. The van der Waals surface area contributed by atoms with Crippen molar-refractivity contribution in [1.82, 2.24) is 0 Å². The number of hydrogen-bond acceptors (Lipinski definition) is 1. The van der Waals surface area contributed by atoms with E-state index in [-0.39, 0.29) is 18.4 Å². The van der Waals surface area contributed by atoms with E-state index in [1.807, 2.05) is 24.3 Å². The topological polar surface area (TPSA) is 26.0 Å². The monoisotopic (exact) mass is 309 g/mol. The predicted molar refractivity (Wildman–Crippen MR) is 72.8 cm³/mol. The first-order valence-electron chi connectivity index (χ1n) is 4.46. The van der Waals surface area contributed by atoms with E-state index >= 15 is 0 Å². The maximum atomic E-state index is 6.04. The highest BCUT2D eigenvalue weighted by atomic mass is 79.9. The average Bonchev–Trinajstić information content (AvgIpc) is 2.18. The molecule has 0 aliphatic rings. The fourth-order valence-electron chi connectivity index (χ4n) is 1.25. The second-order valence-corrected chi connectivity index (χ2v) is 4.46. The molecule has 2 N–H and O–H groups in total. The molecule has 0 radical (unpaired) electrons. The highest BCUT2D eigenvalue weighted by Crippen LogP contribution is 2.27. The fraction of sp³-hybridized carbons (Fsp3) is 0.273. The summed E-state index contributed by atoms with van der Waals surface area (Å²) in [4.78, 5) is 0. The molecule has 0 unspecified atom stereocenters. The molecule has 4 heteroatoms. The Morgan fingerprint density at radius 1 is 1.53 bits per heavy atom. The van der Waals surface area contributed by atoms with Crippen LogP contribution in [0, 0.1) is 0 Å². The summed E-state index contributed by atoms with van der Waals surface area (Å²) in [7, 11) is 0. The molecule has 0 spiro atoms. The molecule has 0 amide bonds. The van der Waals surface area contributed by atoms with Crippen molar-refractivity contribution in [3.63, 3.8) is 0 Å². The second-order valence-electron chi connectivity index (χ2n) is 3.14. The molecule has 0 aliphatic heterocycles. The first-order chi connectivity index (χ1) is 6.65. The summed E-state index contributed by atoms with van der Waals surface area (Å²) in [6, 6.07) is 5.72. The first kappa shape index (κ1) is 15.0. The van der Waals surface area contributed by atoms with Crippen LogP contribution in [0.5, 0.6) is 0 Å². The Bertz CT molecular complexity index is 328. The van der Waals surface area contributed by atoms with E-state index in [1.165, 1.54) is 0 Å². The molecule has 0 bridgehead atoms. The van der Waals surface area contributed by atoms with Crippen molar-refractivity contribution in [3.05, 3.63) is 45.9 Å². The molecule has 0 saturated heterocycles. The Hall–Kier alpha value is -0.0200. The van der Waals surface area contributed by atoms with E-state index in [0.717, 1.165) is 27.9 Å².